The molecule has 13 heavy (non-hydrogen) atoms. The Bertz CT molecular complexity index is 233. The standard InChI is InChI=1S/C10H17NO2/c1-2-3-6-11-7-9-4-5-10(8-12)13-9/h4-5,11-12H,2-3,6-8H2,1H3. The Morgan fingerprint density at radius 1 is 1.38 bits per heavy atom. The third kappa shape index (κ3) is 3.61. The van der Waals surface area contributed by atoms with Crippen LogP contribution in [0, 0.1) is 0 Å². The maximum absolute atomic E-state index is 8.75. The highest BCUT2D eigenvalue weighted by Crippen LogP contribution is 2.06. The summed E-state index contributed by atoms with van der Waals surface area (Å²) in [5.74, 6) is 1.52. The molecule has 2 N–H and O–H groups in total. The third-order valence-corrected chi connectivity index (χ3v) is 1.88. The SMILES string of the molecule is CCCCNCc1ccc(CO)o1. The minimum atomic E-state index is -0.0189. The van der Waals surface area contributed by atoms with Crippen molar-refractivity contribution in [2.75, 3.05) is 6.54 Å². The van der Waals surface area contributed by atoms with Gasteiger partial charge in [0.15, 0.2) is 0 Å². The molecule has 1 aromatic heterocycles. The van der Waals surface area contributed by atoms with E-state index in [-0.39, 0.29) is 6.61 Å². The van der Waals surface area contributed by atoms with E-state index in [0.717, 1.165) is 18.8 Å². The van der Waals surface area contributed by atoms with Gasteiger partial charge in [0.1, 0.15) is 18.1 Å². The number of aliphatic hydroxyl groups is 1. The normalized spacial score (nSPS) is 10.6. The van der Waals surface area contributed by atoms with Crippen molar-refractivity contribution in [1.82, 2.24) is 5.32 Å². The number of rotatable bonds is 6. The number of furan rings is 1. The number of hydrogen-bond acceptors (Lipinski definition) is 3. The monoisotopic (exact) mass is 183 g/mol. The van der Waals surface area contributed by atoms with Crippen LogP contribution < -0.4 is 5.32 Å². The van der Waals surface area contributed by atoms with Crippen molar-refractivity contribution < 1.29 is 9.52 Å². The molecule has 0 bridgehead atoms. The summed E-state index contributed by atoms with van der Waals surface area (Å²) in [5, 5.41) is 12.0. The van der Waals surface area contributed by atoms with Crippen LogP contribution in [0.25, 0.3) is 0 Å². The van der Waals surface area contributed by atoms with E-state index in [1.54, 1.807) is 6.07 Å². The predicted octanol–water partition coefficient (Wildman–Crippen LogP) is 1.66. The fourth-order valence-electron chi connectivity index (χ4n) is 1.12. The van der Waals surface area contributed by atoms with Gasteiger partial charge in [-0.3, -0.25) is 0 Å². The highest BCUT2D eigenvalue weighted by molar-refractivity contribution is 5.05. The minimum Gasteiger partial charge on any atom is -0.462 e. The number of nitrogens with one attached hydrogen (secondary N) is 1. The van der Waals surface area contributed by atoms with Crippen LogP contribution in [0.5, 0.6) is 0 Å². The average Bonchev–Trinajstić information content (AvgIpc) is 2.60. The lowest BCUT2D eigenvalue weighted by molar-refractivity contribution is 0.243. The molecule has 1 aromatic rings. The van der Waals surface area contributed by atoms with Gasteiger partial charge in [-0.05, 0) is 25.1 Å². The first kappa shape index (κ1) is 10.3. The van der Waals surface area contributed by atoms with Crippen LogP contribution in [0.3, 0.4) is 0 Å². The Labute approximate surface area is 78.8 Å². The van der Waals surface area contributed by atoms with Gasteiger partial charge in [-0.1, -0.05) is 13.3 Å². The van der Waals surface area contributed by atoms with E-state index in [9.17, 15) is 0 Å². The summed E-state index contributed by atoms with van der Waals surface area (Å²) in [5.41, 5.74) is 0. The molecule has 0 saturated heterocycles. The van der Waals surface area contributed by atoms with Gasteiger partial charge < -0.3 is 14.8 Å². The first-order chi connectivity index (χ1) is 6.36. The van der Waals surface area contributed by atoms with Crippen LogP contribution in [-0.2, 0) is 13.2 Å². The molecule has 0 amide bonds. The van der Waals surface area contributed by atoms with Crippen LogP contribution in [0.2, 0.25) is 0 Å². The topological polar surface area (TPSA) is 45.4 Å². The predicted molar refractivity (Wildman–Crippen MR) is 51.2 cm³/mol. The lowest BCUT2D eigenvalue weighted by Crippen LogP contribution is -2.13. The van der Waals surface area contributed by atoms with E-state index in [2.05, 4.69) is 12.2 Å². The molecule has 0 aliphatic carbocycles. The Hall–Kier alpha value is -0.800. The summed E-state index contributed by atoms with van der Waals surface area (Å²) in [4.78, 5) is 0. The molecule has 74 valence electrons. The van der Waals surface area contributed by atoms with Gasteiger partial charge in [0.05, 0.1) is 6.54 Å². The van der Waals surface area contributed by atoms with Gasteiger partial charge in [0.25, 0.3) is 0 Å². The van der Waals surface area contributed by atoms with Gasteiger partial charge in [-0.25, -0.2) is 0 Å². The minimum absolute atomic E-state index is 0.0189. The zero-order chi connectivity index (χ0) is 9.52. The lowest BCUT2D eigenvalue weighted by Gasteiger charge is -1.99. The molecule has 1 heterocycles. The number of unbranched alkanes of at least 4 members (excludes halogenated alkanes) is 1. The van der Waals surface area contributed by atoms with E-state index in [1.807, 2.05) is 6.07 Å². The molecule has 0 unspecified atom stereocenters. The Morgan fingerprint density at radius 2 is 2.15 bits per heavy atom. The summed E-state index contributed by atoms with van der Waals surface area (Å²) in [6.07, 6.45) is 2.39. The van der Waals surface area contributed by atoms with E-state index in [0.29, 0.717) is 5.76 Å². The Balaban J connectivity index is 2.20. The molecule has 3 nitrogen and oxygen atoms in total. The largest absolute Gasteiger partial charge is 0.462 e. The van der Waals surface area contributed by atoms with Crippen LogP contribution in [0.4, 0.5) is 0 Å². The first-order valence-electron chi connectivity index (χ1n) is 4.76. The molecular weight excluding hydrogens is 166 g/mol. The quantitative estimate of drug-likeness (QED) is 0.659. The van der Waals surface area contributed by atoms with E-state index >= 15 is 0 Å². The van der Waals surface area contributed by atoms with Crippen LogP contribution in [0.15, 0.2) is 16.5 Å². The summed E-state index contributed by atoms with van der Waals surface area (Å²) < 4.78 is 5.30. The fraction of sp³-hybridized carbons (Fsp3) is 0.600. The molecule has 0 aliphatic rings. The van der Waals surface area contributed by atoms with Gasteiger partial charge in [0.2, 0.25) is 0 Å². The Kier molecular flexibility index (Phi) is 4.57. The van der Waals surface area contributed by atoms with Gasteiger partial charge >= 0.3 is 0 Å². The van der Waals surface area contributed by atoms with Crippen LogP contribution in [0.1, 0.15) is 31.3 Å². The van der Waals surface area contributed by atoms with Crippen LogP contribution >= 0.6 is 0 Å². The molecule has 0 atom stereocenters. The van der Waals surface area contributed by atoms with Gasteiger partial charge in [0, 0.05) is 0 Å². The van der Waals surface area contributed by atoms with E-state index in [1.165, 1.54) is 12.8 Å². The maximum atomic E-state index is 8.75. The number of hydrogen-bond donors (Lipinski definition) is 2. The molecule has 1 rings (SSSR count). The van der Waals surface area contributed by atoms with Crippen molar-refractivity contribution in [3.63, 3.8) is 0 Å². The van der Waals surface area contributed by atoms with Crippen molar-refractivity contribution in [3.8, 4) is 0 Å². The molecule has 0 fully saturated rings. The van der Waals surface area contributed by atoms with Crippen molar-refractivity contribution in [3.05, 3.63) is 23.7 Å². The highest BCUT2D eigenvalue weighted by Gasteiger charge is 1.99. The second kappa shape index (κ2) is 5.78. The summed E-state index contributed by atoms with van der Waals surface area (Å²) in [6, 6.07) is 3.70. The van der Waals surface area contributed by atoms with Crippen molar-refractivity contribution >= 4 is 0 Å². The van der Waals surface area contributed by atoms with E-state index < -0.39 is 0 Å². The molecular formula is C10H17NO2. The van der Waals surface area contributed by atoms with Gasteiger partial charge in [-0.15, -0.1) is 0 Å². The Morgan fingerprint density at radius 3 is 2.77 bits per heavy atom. The third-order valence-electron chi connectivity index (χ3n) is 1.88. The van der Waals surface area contributed by atoms with Crippen molar-refractivity contribution in [2.24, 2.45) is 0 Å². The number of aliphatic hydroxyl groups excluding tert-OH is 1. The highest BCUT2D eigenvalue weighted by atomic mass is 16.4. The molecule has 0 aliphatic heterocycles. The average molecular weight is 183 g/mol. The fourth-order valence-corrected chi connectivity index (χ4v) is 1.12. The summed E-state index contributed by atoms with van der Waals surface area (Å²) in [7, 11) is 0. The smallest absolute Gasteiger partial charge is 0.129 e. The van der Waals surface area contributed by atoms with E-state index in [4.69, 9.17) is 9.52 Å². The molecule has 3 heteroatoms. The first-order valence-corrected chi connectivity index (χ1v) is 4.76. The van der Waals surface area contributed by atoms with Crippen molar-refractivity contribution in [1.29, 1.82) is 0 Å². The van der Waals surface area contributed by atoms with Crippen molar-refractivity contribution in [2.45, 2.75) is 32.9 Å². The zero-order valence-corrected chi connectivity index (χ0v) is 8.05. The lowest BCUT2D eigenvalue weighted by atomic mass is 10.3. The van der Waals surface area contributed by atoms with Crippen LogP contribution in [-0.4, -0.2) is 11.7 Å². The molecule has 0 spiro atoms. The zero-order valence-electron chi connectivity index (χ0n) is 8.05. The molecule has 0 saturated carbocycles. The van der Waals surface area contributed by atoms with Gasteiger partial charge in [-0.2, -0.15) is 0 Å². The summed E-state index contributed by atoms with van der Waals surface area (Å²) in [6.45, 7) is 3.92. The maximum Gasteiger partial charge on any atom is 0.129 e. The summed E-state index contributed by atoms with van der Waals surface area (Å²) >= 11 is 0. The second-order valence-corrected chi connectivity index (χ2v) is 3.06. The molecule has 0 aromatic carbocycles. The second-order valence-electron chi connectivity index (χ2n) is 3.06. The molecule has 0 radical (unpaired) electrons.